The number of benzene rings is 2. The van der Waals surface area contributed by atoms with E-state index in [0.29, 0.717) is 0 Å². The van der Waals surface area contributed by atoms with Crippen LogP contribution in [-0.2, 0) is 17.6 Å². The lowest BCUT2D eigenvalue weighted by molar-refractivity contribution is -0.111. The summed E-state index contributed by atoms with van der Waals surface area (Å²) >= 11 is 0. The van der Waals surface area contributed by atoms with Gasteiger partial charge in [-0.1, -0.05) is 18.2 Å². The molecule has 3 heteroatoms. The Morgan fingerprint density at radius 1 is 1.14 bits per heavy atom. The predicted octanol–water partition coefficient (Wildman–Crippen LogP) is 3.84. The quantitative estimate of drug-likeness (QED) is 0.870. The van der Waals surface area contributed by atoms with Gasteiger partial charge in [0.15, 0.2) is 0 Å². The number of nitrogens with one attached hydrogen (secondary N) is 1. The summed E-state index contributed by atoms with van der Waals surface area (Å²) < 4.78 is 5.17. The fourth-order valence-electron chi connectivity index (χ4n) is 2.75. The summed E-state index contributed by atoms with van der Waals surface area (Å²) in [5.41, 5.74) is 4.56. The zero-order valence-electron chi connectivity index (χ0n) is 12.6. The molecule has 0 atom stereocenters. The van der Waals surface area contributed by atoms with E-state index in [-0.39, 0.29) is 5.91 Å². The largest absolute Gasteiger partial charge is 0.497 e. The second-order valence-electron chi connectivity index (χ2n) is 5.44. The highest BCUT2D eigenvalue weighted by Gasteiger charge is 2.11. The van der Waals surface area contributed by atoms with E-state index >= 15 is 0 Å². The van der Waals surface area contributed by atoms with Gasteiger partial charge in [-0.2, -0.15) is 0 Å². The van der Waals surface area contributed by atoms with E-state index in [1.54, 1.807) is 19.3 Å². The van der Waals surface area contributed by atoms with Crippen LogP contribution in [0.2, 0.25) is 0 Å². The molecule has 0 aromatic heterocycles. The third-order valence-electron chi connectivity index (χ3n) is 3.89. The lowest BCUT2D eigenvalue weighted by Crippen LogP contribution is -2.08. The second kappa shape index (κ2) is 6.48. The van der Waals surface area contributed by atoms with Gasteiger partial charge in [0.1, 0.15) is 5.75 Å². The normalized spacial score (nSPS) is 13.1. The summed E-state index contributed by atoms with van der Waals surface area (Å²) in [4.78, 5) is 12.0. The number of carbonyl (C=O) groups excluding carboxylic acids is 1. The first-order chi connectivity index (χ1) is 10.7. The van der Waals surface area contributed by atoms with Gasteiger partial charge in [-0.05, 0) is 66.3 Å². The molecule has 0 saturated carbocycles. The van der Waals surface area contributed by atoms with Crippen LogP contribution in [0.3, 0.4) is 0 Å². The molecule has 22 heavy (non-hydrogen) atoms. The molecule has 1 N–H and O–H groups in total. The van der Waals surface area contributed by atoms with Gasteiger partial charge in [0, 0.05) is 11.8 Å². The monoisotopic (exact) mass is 293 g/mol. The highest BCUT2D eigenvalue weighted by atomic mass is 16.5. The molecular formula is C19H19NO2. The molecule has 3 nitrogen and oxygen atoms in total. The molecule has 0 heterocycles. The molecule has 1 amide bonds. The molecule has 2 aromatic rings. The van der Waals surface area contributed by atoms with Crippen LogP contribution in [0.5, 0.6) is 5.75 Å². The zero-order valence-corrected chi connectivity index (χ0v) is 12.6. The summed E-state index contributed by atoms with van der Waals surface area (Å²) in [7, 11) is 1.63. The van der Waals surface area contributed by atoms with E-state index in [1.165, 1.54) is 17.5 Å². The Morgan fingerprint density at radius 2 is 2.00 bits per heavy atom. The SMILES string of the molecule is COc1cccc(/C=C/C(=O)Nc2ccc3c(c2)CCC3)c1. The summed E-state index contributed by atoms with van der Waals surface area (Å²) in [5.74, 6) is 0.655. The third kappa shape index (κ3) is 3.37. The standard InChI is InChI=1S/C19H19NO2/c1-22-18-7-2-4-14(12-18)8-11-19(21)20-17-10-9-15-5-3-6-16(15)13-17/h2,4,7-13H,3,5-6H2,1H3,(H,20,21)/b11-8+. The van der Waals surface area contributed by atoms with Gasteiger partial charge in [-0.15, -0.1) is 0 Å². The van der Waals surface area contributed by atoms with Crippen molar-refractivity contribution in [3.05, 3.63) is 65.2 Å². The number of aryl methyl sites for hydroxylation is 2. The molecule has 0 unspecified atom stereocenters. The van der Waals surface area contributed by atoms with Crippen LogP contribution in [0.15, 0.2) is 48.5 Å². The minimum absolute atomic E-state index is 0.124. The topological polar surface area (TPSA) is 38.3 Å². The van der Waals surface area contributed by atoms with E-state index in [9.17, 15) is 4.79 Å². The molecule has 0 saturated heterocycles. The van der Waals surface area contributed by atoms with Gasteiger partial charge in [-0.25, -0.2) is 0 Å². The first-order valence-corrected chi connectivity index (χ1v) is 7.49. The molecular weight excluding hydrogens is 274 g/mol. The average Bonchev–Trinajstić information content (AvgIpc) is 3.01. The molecule has 112 valence electrons. The number of amides is 1. The summed E-state index contributed by atoms with van der Waals surface area (Å²) in [5, 5.41) is 2.91. The first-order valence-electron chi connectivity index (χ1n) is 7.49. The predicted molar refractivity (Wildman–Crippen MR) is 89.1 cm³/mol. The van der Waals surface area contributed by atoms with E-state index in [4.69, 9.17) is 4.74 Å². The molecule has 1 aliphatic rings. The first kappa shape index (κ1) is 14.4. The van der Waals surface area contributed by atoms with Crippen molar-refractivity contribution < 1.29 is 9.53 Å². The van der Waals surface area contributed by atoms with Crippen molar-refractivity contribution in [2.45, 2.75) is 19.3 Å². The maximum atomic E-state index is 12.0. The molecule has 2 aromatic carbocycles. The van der Waals surface area contributed by atoms with Crippen LogP contribution < -0.4 is 10.1 Å². The molecule has 0 bridgehead atoms. The Morgan fingerprint density at radius 3 is 2.86 bits per heavy atom. The van der Waals surface area contributed by atoms with Gasteiger partial charge >= 0.3 is 0 Å². The lowest BCUT2D eigenvalue weighted by Gasteiger charge is -2.05. The van der Waals surface area contributed by atoms with Crippen molar-refractivity contribution in [3.63, 3.8) is 0 Å². The van der Waals surface area contributed by atoms with E-state index in [0.717, 1.165) is 29.8 Å². The molecule has 0 spiro atoms. The fourth-order valence-corrected chi connectivity index (χ4v) is 2.75. The fraction of sp³-hybridized carbons (Fsp3) is 0.211. The van der Waals surface area contributed by atoms with Crippen molar-refractivity contribution in [2.75, 3.05) is 12.4 Å². The second-order valence-corrected chi connectivity index (χ2v) is 5.44. The van der Waals surface area contributed by atoms with Crippen LogP contribution in [0.1, 0.15) is 23.1 Å². The third-order valence-corrected chi connectivity index (χ3v) is 3.89. The minimum Gasteiger partial charge on any atom is -0.497 e. The van der Waals surface area contributed by atoms with E-state index < -0.39 is 0 Å². The highest BCUT2D eigenvalue weighted by Crippen LogP contribution is 2.24. The Kier molecular flexibility index (Phi) is 4.24. The summed E-state index contributed by atoms with van der Waals surface area (Å²) in [6, 6.07) is 13.8. The van der Waals surface area contributed by atoms with Crippen LogP contribution in [0.4, 0.5) is 5.69 Å². The molecule has 0 fully saturated rings. The molecule has 1 aliphatic carbocycles. The number of hydrogen-bond acceptors (Lipinski definition) is 2. The van der Waals surface area contributed by atoms with Gasteiger partial charge in [-0.3, -0.25) is 4.79 Å². The maximum Gasteiger partial charge on any atom is 0.248 e. The van der Waals surface area contributed by atoms with Crippen molar-refractivity contribution in [2.24, 2.45) is 0 Å². The molecule has 0 aliphatic heterocycles. The van der Waals surface area contributed by atoms with Crippen molar-refractivity contribution in [1.29, 1.82) is 0 Å². The molecule has 3 rings (SSSR count). The number of hydrogen-bond donors (Lipinski definition) is 1. The van der Waals surface area contributed by atoms with Crippen molar-refractivity contribution >= 4 is 17.7 Å². The Bertz CT molecular complexity index is 719. The number of ether oxygens (including phenoxy) is 1. The Labute approximate surface area is 130 Å². The van der Waals surface area contributed by atoms with Crippen LogP contribution in [0, 0.1) is 0 Å². The summed E-state index contributed by atoms with van der Waals surface area (Å²) in [6.45, 7) is 0. The van der Waals surface area contributed by atoms with Crippen LogP contribution in [-0.4, -0.2) is 13.0 Å². The van der Waals surface area contributed by atoms with E-state index in [2.05, 4.69) is 17.4 Å². The van der Waals surface area contributed by atoms with Crippen LogP contribution in [0.25, 0.3) is 6.08 Å². The van der Waals surface area contributed by atoms with Gasteiger partial charge in [0.05, 0.1) is 7.11 Å². The smallest absolute Gasteiger partial charge is 0.248 e. The number of methoxy groups -OCH3 is 1. The van der Waals surface area contributed by atoms with Crippen LogP contribution >= 0.6 is 0 Å². The molecule has 0 radical (unpaired) electrons. The lowest BCUT2D eigenvalue weighted by atomic mass is 10.1. The van der Waals surface area contributed by atoms with Crippen molar-refractivity contribution in [3.8, 4) is 5.75 Å². The maximum absolute atomic E-state index is 12.0. The number of fused-ring (bicyclic) bond motifs is 1. The number of rotatable bonds is 4. The number of anilines is 1. The minimum atomic E-state index is -0.124. The summed E-state index contributed by atoms with van der Waals surface area (Å²) in [6.07, 6.45) is 6.80. The van der Waals surface area contributed by atoms with E-state index in [1.807, 2.05) is 30.3 Å². The highest BCUT2D eigenvalue weighted by molar-refractivity contribution is 6.02. The van der Waals surface area contributed by atoms with Crippen molar-refractivity contribution in [1.82, 2.24) is 0 Å². The zero-order chi connectivity index (χ0) is 15.4. The average molecular weight is 293 g/mol. The Hall–Kier alpha value is -2.55. The van der Waals surface area contributed by atoms with Gasteiger partial charge in [0.25, 0.3) is 0 Å². The van der Waals surface area contributed by atoms with Gasteiger partial charge in [0.2, 0.25) is 5.91 Å². The number of carbonyl (C=O) groups is 1. The Balaban J connectivity index is 1.65. The van der Waals surface area contributed by atoms with Gasteiger partial charge < -0.3 is 10.1 Å².